The van der Waals surface area contributed by atoms with Gasteiger partial charge in [0.05, 0.1) is 12.3 Å². The molecule has 0 spiro atoms. The number of carbonyl (C=O) groups is 2. The summed E-state index contributed by atoms with van der Waals surface area (Å²) in [6.07, 6.45) is 2.12. The molecular weight excluding hydrogens is 416 g/mol. The van der Waals surface area contributed by atoms with E-state index in [4.69, 9.17) is 4.84 Å². The lowest BCUT2D eigenvalue weighted by Crippen LogP contribution is -2.39. The highest BCUT2D eigenvalue weighted by molar-refractivity contribution is 7.99. The van der Waals surface area contributed by atoms with Gasteiger partial charge in [-0.3, -0.25) is 14.5 Å². The van der Waals surface area contributed by atoms with E-state index in [1.165, 1.54) is 19.1 Å². The first-order chi connectivity index (χ1) is 14.4. The molecule has 3 aliphatic rings. The van der Waals surface area contributed by atoms with Gasteiger partial charge in [-0.15, -0.1) is 9.63 Å². The van der Waals surface area contributed by atoms with Crippen LogP contribution in [0.3, 0.4) is 0 Å². The Labute approximate surface area is 175 Å². The fourth-order valence-corrected chi connectivity index (χ4v) is 4.24. The Hall–Kier alpha value is -2.66. The lowest BCUT2D eigenvalue weighted by molar-refractivity contribution is -0.120. The number of nitrogens with one attached hydrogen (secondary N) is 1. The van der Waals surface area contributed by atoms with Crippen LogP contribution < -0.4 is 5.32 Å². The van der Waals surface area contributed by atoms with Crippen LogP contribution in [-0.2, 0) is 14.4 Å². The van der Waals surface area contributed by atoms with Gasteiger partial charge >= 0.3 is 0 Å². The summed E-state index contributed by atoms with van der Waals surface area (Å²) in [5.74, 6) is -1.84. The molecule has 2 unspecified atom stereocenters. The molecule has 3 aliphatic heterocycles. The maximum atomic E-state index is 14.8. The van der Waals surface area contributed by atoms with Crippen molar-refractivity contribution in [2.45, 2.75) is 31.2 Å². The van der Waals surface area contributed by atoms with Crippen LogP contribution in [0.15, 0.2) is 33.0 Å². The summed E-state index contributed by atoms with van der Waals surface area (Å²) < 4.78 is 33.3. The summed E-state index contributed by atoms with van der Waals surface area (Å²) >= 11 is 1.09. The van der Waals surface area contributed by atoms with Crippen LogP contribution in [0.5, 0.6) is 0 Å². The average Bonchev–Trinajstić information content (AvgIpc) is 3.35. The van der Waals surface area contributed by atoms with Crippen molar-refractivity contribution in [2.24, 2.45) is 14.8 Å². The van der Waals surface area contributed by atoms with Crippen molar-refractivity contribution < 1.29 is 23.2 Å². The molecule has 0 saturated heterocycles. The summed E-state index contributed by atoms with van der Waals surface area (Å²) in [5, 5.41) is 9.57. The van der Waals surface area contributed by atoms with Crippen LogP contribution in [0, 0.1) is 11.6 Å². The Morgan fingerprint density at radius 3 is 2.73 bits per heavy atom. The Kier molecular flexibility index (Phi) is 5.91. The number of amides is 2. The molecular formula is C19H19F2N5O3S. The van der Waals surface area contributed by atoms with Gasteiger partial charge in [0.15, 0.2) is 5.37 Å². The van der Waals surface area contributed by atoms with Gasteiger partial charge in [0.25, 0.3) is 5.91 Å². The van der Waals surface area contributed by atoms with E-state index >= 15 is 0 Å². The van der Waals surface area contributed by atoms with Gasteiger partial charge < -0.3 is 10.2 Å². The molecule has 11 heteroatoms. The zero-order valence-electron chi connectivity index (χ0n) is 16.1. The monoisotopic (exact) mass is 435 g/mol. The zero-order chi connectivity index (χ0) is 21.3. The molecule has 2 atom stereocenters. The molecule has 158 valence electrons. The molecule has 8 nitrogen and oxygen atoms in total. The van der Waals surface area contributed by atoms with Gasteiger partial charge in [0, 0.05) is 49.5 Å². The second-order valence-electron chi connectivity index (χ2n) is 7.17. The minimum absolute atomic E-state index is 0.0625. The van der Waals surface area contributed by atoms with Crippen LogP contribution >= 0.6 is 11.9 Å². The Morgan fingerprint density at radius 2 is 2.13 bits per heavy atom. The van der Waals surface area contributed by atoms with Crippen molar-refractivity contribution in [1.29, 1.82) is 0 Å². The summed E-state index contributed by atoms with van der Waals surface area (Å²) in [7, 11) is 0. The summed E-state index contributed by atoms with van der Waals surface area (Å²) in [4.78, 5) is 29.8. The molecule has 0 aliphatic carbocycles. The molecule has 2 amide bonds. The van der Waals surface area contributed by atoms with Crippen molar-refractivity contribution >= 4 is 35.0 Å². The van der Waals surface area contributed by atoms with E-state index in [0.717, 1.165) is 11.9 Å². The van der Waals surface area contributed by atoms with E-state index < -0.39 is 17.0 Å². The first-order valence-electron chi connectivity index (χ1n) is 9.43. The van der Waals surface area contributed by atoms with E-state index in [1.54, 1.807) is 6.08 Å². The number of carbonyl (C=O) groups excluding carboxylic acids is 2. The van der Waals surface area contributed by atoms with Crippen LogP contribution in [0.4, 0.5) is 8.78 Å². The minimum Gasteiger partial charge on any atom is -0.390 e. The number of oxime groups is 1. The molecule has 1 N–H and O–H groups in total. The zero-order valence-corrected chi connectivity index (χ0v) is 16.9. The molecule has 1 aromatic rings. The molecule has 3 heterocycles. The van der Waals surface area contributed by atoms with Crippen molar-refractivity contribution in [3.63, 3.8) is 0 Å². The van der Waals surface area contributed by atoms with Gasteiger partial charge in [-0.2, -0.15) is 0 Å². The van der Waals surface area contributed by atoms with Gasteiger partial charge in [0.1, 0.15) is 17.7 Å². The highest BCUT2D eigenvalue weighted by Crippen LogP contribution is 2.33. The van der Waals surface area contributed by atoms with Gasteiger partial charge in [0.2, 0.25) is 5.91 Å². The quantitative estimate of drug-likeness (QED) is 0.718. The highest BCUT2D eigenvalue weighted by Gasteiger charge is 2.33. The van der Waals surface area contributed by atoms with E-state index in [1.807, 2.05) is 4.90 Å². The Bertz CT molecular complexity index is 958. The second-order valence-corrected chi connectivity index (χ2v) is 7.99. The van der Waals surface area contributed by atoms with Crippen molar-refractivity contribution in [2.75, 3.05) is 19.6 Å². The fraction of sp³-hybridized carbons (Fsp3) is 0.421. The van der Waals surface area contributed by atoms with E-state index in [0.29, 0.717) is 42.8 Å². The molecule has 0 bridgehead atoms. The largest absolute Gasteiger partial charge is 0.390 e. The normalized spacial score (nSPS) is 23.9. The second kappa shape index (κ2) is 8.60. The molecule has 30 heavy (non-hydrogen) atoms. The van der Waals surface area contributed by atoms with Gasteiger partial charge in [-0.05, 0) is 24.1 Å². The van der Waals surface area contributed by atoms with E-state index in [-0.39, 0.29) is 30.0 Å². The standard InChI is InChI=1S/C19H19F2N5O3S/c1-10(27)22-9-13-8-16(24-29-13)12-6-14(20)17(15(21)7-12)11-2-4-26(5-3-11)19-18(28)23-25-30-19/h2,6-7,13,19H,3-5,8-9H2,1H3,(H,22,27). The Morgan fingerprint density at radius 1 is 1.37 bits per heavy atom. The van der Waals surface area contributed by atoms with Crippen LogP contribution in [0.2, 0.25) is 0 Å². The molecule has 0 saturated carbocycles. The van der Waals surface area contributed by atoms with Gasteiger partial charge in [-0.1, -0.05) is 11.2 Å². The van der Waals surface area contributed by atoms with Crippen LogP contribution in [0.1, 0.15) is 30.9 Å². The lowest BCUT2D eigenvalue weighted by Gasteiger charge is -2.28. The predicted molar refractivity (Wildman–Crippen MR) is 106 cm³/mol. The number of hydrogen-bond donors (Lipinski definition) is 1. The molecule has 4 rings (SSSR count). The van der Waals surface area contributed by atoms with Crippen LogP contribution in [-0.4, -0.2) is 53.5 Å². The van der Waals surface area contributed by atoms with E-state index in [9.17, 15) is 18.4 Å². The Balaban J connectivity index is 1.46. The highest BCUT2D eigenvalue weighted by atomic mass is 32.2. The van der Waals surface area contributed by atoms with Crippen molar-refractivity contribution in [1.82, 2.24) is 10.2 Å². The molecule has 0 fully saturated rings. The smallest absolute Gasteiger partial charge is 0.294 e. The third-order valence-corrected chi connectivity index (χ3v) is 5.95. The summed E-state index contributed by atoms with van der Waals surface area (Å²) in [6.45, 7) is 2.54. The van der Waals surface area contributed by atoms with Gasteiger partial charge in [-0.25, -0.2) is 8.78 Å². The third-order valence-electron chi connectivity index (χ3n) is 5.08. The lowest BCUT2D eigenvalue weighted by atomic mass is 9.95. The number of benzene rings is 1. The fourth-order valence-electron chi connectivity index (χ4n) is 3.56. The minimum atomic E-state index is -0.672. The SMILES string of the molecule is CC(=O)NCC1CC(c2cc(F)c(C3=CCN(C4SN=NC4=O)CC3)c(F)c2)=NO1. The molecule has 1 aromatic carbocycles. The maximum absolute atomic E-state index is 14.8. The average molecular weight is 435 g/mol. The predicted octanol–water partition coefficient (Wildman–Crippen LogP) is 2.65. The number of hydrogen-bond acceptors (Lipinski definition) is 7. The molecule has 0 radical (unpaired) electrons. The van der Waals surface area contributed by atoms with E-state index in [2.05, 4.69) is 20.1 Å². The third kappa shape index (κ3) is 4.26. The van der Waals surface area contributed by atoms with Crippen molar-refractivity contribution in [3.8, 4) is 0 Å². The number of halogens is 2. The number of rotatable bonds is 5. The first-order valence-corrected chi connectivity index (χ1v) is 10.3. The summed E-state index contributed by atoms with van der Waals surface area (Å²) in [6, 6.07) is 2.51. The van der Waals surface area contributed by atoms with Crippen LogP contribution in [0.25, 0.3) is 5.57 Å². The molecule has 0 aromatic heterocycles. The topological polar surface area (TPSA) is 95.7 Å². The maximum Gasteiger partial charge on any atom is 0.294 e. The first kappa shape index (κ1) is 20.6. The van der Waals surface area contributed by atoms with Crippen molar-refractivity contribution in [3.05, 3.63) is 41.0 Å². The number of nitrogens with zero attached hydrogens (tertiary/aromatic N) is 4. The summed E-state index contributed by atoms with van der Waals surface area (Å²) in [5.41, 5.74) is 1.24.